The molecular weight excluding hydrogens is 320 g/mol. The third-order valence-corrected chi connectivity index (χ3v) is 4.34. The third-order valence-electron chi connectivity index (χ3n) is 4.34. The Morgan fingerprint density at radius 3 is 3.08 bits per heavy atom. The molecule has 1 amide bonds. The molecule has 0 aliphatic carbocycles. The molecule has 1 fully saturated rings. The summed E-state index contributed by atoms with van der Waals surface area (Å²) in [4.78, 5) is 18.2. The fourth-order valence-electron chi connectivity index (χ4n) is 3.17. The van der Waals surface area contributed by atoms with Crippen molar-refractivity contribution in [1.82, 2.24) is 25.4 Å². The Kier molecular flexibility index (Phi) is 4.95. The molecule has 8 nitrogen and oxygen atoms in total. The number of phenols is 1. The van der Waals surface area contributed by atoms with Gasteiger partial charge in [-0.3, -0.25) is 9.89 Å². The number of nitrogens with one attached hydrogen (secondary N) is 2. The van der Waals surface area contributed by atoms with Crippen LogP contribution in [0.15, 0.2) is 24.5 Å². The van der Waals surface area contributed by atoms with Gasteiger partial charge in [-0.2, -0.15) is 10.4 Å². The lowest BCUT2D eigenvalue weighted by molar-refractivity contribution is 0.0628. The van der Waals surface area contributed by atoms with E-state index in [1.165, 1.54) is 12.4 Å². The van der Waals surface area contributed by atoms with Gasteiger partial charge < -0.3 is 15.3 Å². The summed E-state index contributed by atoms with van der Waals surface area (Å²) in [5.74, 6) is 0.464. The maximum absolute atomic E-state index is 12.4. The molecule has 0 radical (unpaired) electrons. The van der Waals surface area contributed by atoms with E-state index in [4.69, 9.17) is 5.26 Å². The second-order valence-corrected chi connectivity index (χ2v) is 6.43. The summed E-state index contributed by atoms with van der Waals surface area (Å²) in [6.45, 7) is 3.96. The van der Waals surface area contributed by atoms with Crippen molar-refractivity contribution in [3.8, 4) is 11.8 Å². The Morgan fingerprint density at radius 2 is 2.36 bits per heavy atom. The highest BCUT2D eigenvalue weighted by atomic mass is 16.3. The van der Waals surface area contributed by atoms with Crippen LogP contribution in [0.4, 0.5) is 0 Å². The van der Waals surface area contributed by atoms with E-state index in [-0.39, 0.29) is 29.1 Å². The summed E-state index contributed by atoms with van der Waals surface area (Å²) < 4.78 is 0. The van der Waals surface area contributed by atoms with Crippen LogP contribution in [0.5, 0.6) is 5.75 Å². The number of nitrogens with zero attached hydrogens (tertiary/aromatic N) is 4. The van der Waals surface area contributed by atoms with Crippen molar-refractivity contribution in [3.63, 3.8) is 0 Å². The van der Waals surface area contributed by atoms with Gasteiger partial charge in [-0.15, -0.1) is 0 Å². The predicted octanol–water partition coefficient (Wildman–Crippen LogP) is 1.02. The fraction of sp³-hybridized carbons (Fsp3) is 0.412. The van der Waals surface area contributed by atoms with Crippen molar-refractivity contribution in [2.75, 3.05) is 13.1 Å². The number of aromatic amines is 1. The molecule has 1 aliphatic heterocycles. The number of carbonyl (C=O) groups excluding carboxylic acids is 1. The van der Waals surface area contributed by atoms with Crippen LogP contribution in [-0.2, 0) is 6.54 Å². The van der Waals surface area contributed by atoms with E-state index in [0.717, 1.165) is 12.0 Å². The van der Waals surface area contributed by atoms with Crippen molar-refractivity contribution < 1.29 is 9.90 Å². The largest absolute Gasteiger partial charge is 0.507 e. The molecule has 3 rings (SSSR count). The number of aromatic hydroxyl groups is 1. The van der Waals surface area contributed by atoms with Gasteiger partial charge in [-0.25, -0.2) is 4.98 Å². The van der Waals surface area contributed by atoms with Gasteiger partial charge in [0.25, 0.3) is 5.91 Å². The van der Waals surface area contributed by atoms with Crippen molar-refractivity contribution in [2.24, 2.45) is 5.92 Å². The molecule has 2 atom stereocenters. The molecule has 1 aliphatic rings. The van der Waals surface area contributed by atoms with Crippen LogP contribution in [0.3, 0.4) is 0 Å². The molecule has 0 bridgehead atoms. The SMILES string of the molecule is C[C@@H]1C[C@H](NCc2ccc(O)c(C#N)c2)CN(C(=O)c2ncn[nH]2)C1. The molecule has 2 aromatic rings. The smallest absolute Gasteiger partial charge is 0.291 e. The van der Waals surface area contributed by atoms with Crippen LogP contribution < -0.4 is 5.32 Å². The lowest BCUT2D eigenvalue weighted by atomic mass is 9.95. The van der Waals surface area contributed by atoms with Gasteiger partial charge in [0, 0.05) is 25.7 Å². The minimum Gasteiger partial charge on any atom is -0.507 e. The molecule has 1 aromatic heterocycles. The first-order valence-electron chi connectivity index (χ1n) is 8.17. The number of aromatic nitrogens is 3. The van der Waals surface area contributed by atoms with Crippen molar-refractivity contribution >= 4 is 5.91 Å². The van der Waals surface area contributed by atoms with Crippen LogP contribution in [-0.4, -0.2) is 50.2 Å². The fourth-order valence-corrected chi connectivity index (χ4v) is 3.17. The lowest BCUT2D eigenvalue weighted by Crippen LogP contribution is -2.50. The van der Waals surface area contributed by atoms with Gasteiger partial charge in [-0.05, 0) is 30.0 Å². The highest BCUT2D eigenvalue weighted by molar-refractivity contribution is 5.90. The van der Waals surface area contributed by atoms with Gasteiger partial charge in [0.15, 0.2) is 0 Å². The van der Waals surface area contributed by atoms with Crippen LogP contribution in [0.2, 0.25) is 0 Å². The topological polar surface area (TPSA) is 118 Å². The van der Waals surface area contributed by atoms with E-state index in [2.05, 4.69) is 27.4 Å². The molecule has 0 saturated carbocycles. The van der Waals surface area contributed by atoms with Crippen molar-refractivity contribution in [1.29, 1.82) is 5.26 Å². The number of carbonyl (C=O) groups is 1. The number of hydrogen-bond donors (Lipinski definition) is 3. The predicted molar refractivity (Wildman–Crippen MR) is 89.5 cm³/mol. The molecule has 25 heavy (non-hydrogen) atoms. The molecule has 1 aromatic carbocycles. The zero-order valence-electron chi connectivity index (χ0n) is 13.9. The molecule has 3 N–H and O–H groups in total. The van der Waals surface area contributed by atoms with E-state index >= 15 is 0 Å². The van der Waals surface area contributed by atoms with Gasteiger partial charge in [0.1, 0.15) is 18.1 Å². The maximum atomic E-state index is 12.4. The van der Waals surface area contributed by atoms with E-state index in [1.54, 1.807) is 17.0 Å². The molecule has 0 unspecified atom stereocenters. The van der Waals surface area contributed by atoms with Crippen LogP contribution >= 0.6 is 0 Å². The van der Waals surface area contributed by atoms with Crippen molar-refractivity contribution in [2.45, 2.75) is 25.9 Å². The zero-order valence-corrected chi connectivity index (χ0v) is 13.9. The zero-order chi connectivity index (χ0) is 17.8. The van der Waals surface area contributed by atoms with E-state index in [0.29, 0.717) is 25.6 Å². The number of phenolic OH excluding ortho intramolecular Hbond substituents is 1. The normalized spacial score (nSPS) is 20.2. The first-order valence-corrected chi connectivity index (χ1v) is 8.17. The number of likely N-dealkylation sites (tertiary alicyclic amines) is 1. The first-order chi connectivity index (χ1) is 12.1. The standard InChI is InChI=1S/C17H20N6O2/c1-11-4-14(9-23(8-11)17(25)16-20-10-21-22-16)19-7-12-2-3-15(24)13(5-12)6-18/h2-3,5,10-11,14,19,24H,4,7-9H2,1H3,(H,20,21,22)/t11-,14+/m1/s1. The third kappa shape index (κ3) is 3.95. The number of nitriles is 1. The number of benzene rings is 1. The molecule has 8 heteroatoms. The average Bonchev–Trinajstić information content (AvgIpc) is 3.14. The van der Waals surface area contributed by atoms with Gasteiger partial charge in [-0.1, -0.05) is 13.0 Å². The summed E-state index contributed by atoms with van der Waals surface area (Å²) in [7, 11) is 0. The first kappa shape index (κ1) is 16.9. The molecular formula is C17H20N6O2. The Morgan fingerprint density at radius 1 is 1.52 bits per heavy atom. The Hall–Kier alpha value is -2.92. The van der Waals surface area contributed by atoms with Gasteiger partial charge in [0.2, 0.25) is 5.82 Å². The average molecular weight is 340 g/mol. The quantitative estimate of drug-likeness (QED) is 0.765. The molecule has 2 heterocycles. The minimum absolute atomic E-state index is 0.0126. The Labute approximate surface area is 145 Å². The molecule has 0 spiro atoms. The number of rotatable bonds is 4. The van der Waals surface area contributed by atoms with E-state index in [1.807, 2.05) is 6.07 Å². The van der Waals surface area contributed by atoms with Crippen LogP contribution in [0.1, 0.15) is 35.1 Å². The monoisotopic (exact) mass is 340 g/mol. The highest BCUT2D eigenvalue weighted by Crippen LogP contribution is 2.20. The number of H-pyrrole nitrogens is 1. The van der Waals surface area contributed by atoms with Gasteiger partial charge >= 0.3 is 0 Å². The van der Waals surface area contributed by atoms with Crippen LogP contribution in [0.25, 0.3) is 0 Å². The number of amides is 1. The second kappa shape index (κ2) is 7.32. The second-order valence-electron chi connectivity index (χ2n) is 6.43. The summed E-state index contributed by atoms with van der Waals surface area (Å²) in [5, 5.41) is 28.3. The lowest BCUT2D eigenvalue weighted by Gasteiger charge is -2.36. The number of hydrogen-bond acceptors (Lipinski definition) is 6. The Bertz CT molecular complexity index is 783. The summed E-state index contributed by atoms with van der Waals surface area (Å²) in [5.41, 5.74) is 1.18. The molecule has 130 valence electrons. The molecule has 1 saturated heterocycles. The highest BCUT2D eigenvalue weighted by Gasteiger charge is 2.29. The summed E-state index contributed by atoms with van der Waals surface area (Å²) in [6, 6.07) is 7.10. The van der Waals surface area contributed by atoms with E-state index in [9.17, 15) is 9.90 Å². The van der Waals surface area contributed by atoms with Crippen molar-refractivity contribution in [3.05, 3.63) is 41.5 Å². The summed E-state index contributed by atoms with van der Waals surface area (Å²) in [6.07, 6.45) is 2.29. The minimum atomic E-state index is -0.146. The maximum Gasteiger partial charge on any atom is 0.291 e. The van der Waals surface area contributed by atoms with E-state index < -0.39 is 0 Å². The summed E-state index contributed by atoms with van der Waals surface area (Å²) >= 11 is 0. The van der Waals surface area contributed by atoms with Crippen LogP contribution in [0, 0.1) is 17.2 Å². The Balaban J connectivity index is 1.62. The van der Waals surface area contributed by atoms with Gasteiger partial charge in [0.05, 0.1) is 5.56 Å². The number of piperidine rings is 1.